The second-order valence-corrected chi connectivity index (χ2v) is 15.8. The first-order valence-electron chi connectivity index (χ1n) is 21.0. The van der Waals surface area contributed by atoms with Gasteiger partial charge in [-0.25, -0.2) is 4.68 Å². The van der Waals surface area contributed by atoms with Crippen molar-refractivity contribution in [1.29, 1.82) is 0 Å². The topological polar surface area (TPSA) is 78.9 Å². The predicted molar refractivity (Wildman–Crippen MR) is 259 cm³/mol. The highest BCUT2D eigenvalue weighted by molar-refractivity contribution is 6.30. The average molecular weight is 933 g/mol. The van der Waals surface area contributed by atoms with Crippen LogP contribution in [0.2, 0.25) is 5.02 Å². The Hall–Kier alpha value is -7.18. The number of pyridine rings is 2. The van der Waals surface area contributed by atoms with Crippen molar-refractivity contribution in [2.24, 2.45) is 0 Å². The van der Waals surface area contributed by atoms with Gasteiger partial charge in [-0.15, -0.1) is 0 Å². The van der Waals surface area contributed by atoms with Gasteiger partial charge in [0.05, 0.1) is 28.8 Å². The van der Waals surface area contributed by atoms with E-state index in [1.807, 2.05) is 36.7 Å². The van der Waals surface area contributed by atoms with Gasteiger partial charge >= 0.3 is 12.7 Å². The summed E-state index contributed by atoms with van der Waals surface area (Å²) >= 11 is 5.96. The number of nitrogens with zero attached hydrogens (tertiary/aromatic N) is 4. The summed E-state index contributed by atoms with van der Waals surface area (Å²) in [6.45, 7) is 4.79. The van der Waals surface area contributed by atoms with Crippen LogP contribution >= 0.6 is 11.6 Å². The minimum absolute atomic E-state index is 0. The van der Waals surface area contributed by atoms with Crippen molar-refractivity contribution in [3.63, 3.8) is 0 Å². The quantitative estimate of drug-likeness (QED) is 0.128. The highest BCUT2D eigenvalue weighted by Gasteiger charge is 2.31. The van der Waals surface area contributed by atoms with Gasteiger partial charge in [0.25, 0.3) is 0 Å². The van der Waals surface area contributed by atoms with Crippen LogP contribution in [0.15, 0.2) is 185 Å². The number of rotatable bonds is 10. The lowest BCUT2D eigenvalue weighted by atomic mass is 10.1. The van der Waals surface area contributed by atoms with Crippen LogP contribution < -0.4 is 16.3 Å². The van der Waals surface area contributed by atoms with E-state index in [4.69, 9.17) is 11.6 Å². The average Bonchev–Trinajstić information content (AvgIpc) is 3.31. The Bertz CT molecular complexity index is 2890. The summed E-state index contributed by atoms with van der Waals surface area (Å²) in [5, 5.41) is 3.91. The molecule has 0 atom stereocenters. The van der Waals surface area contributed by atoms with Gasteiger partial charge in [-0.05, 0) is 77.4 Å². The minimum Gasteiger partial charge on any atom is -0.343 e. The maximum absolute atomic E-state index is 12.8. The predicted octanol–water partition coefficient (Wildman–Crippen LogP) is 13.2. The van der Waals surface area contributed by atoms with Crippen LogP contribution in [0.4, 0.5) is 22.0 Å². The third-order valence-corrected chi connectivity index (χ3v) is 10.8. The summed E-state index contributed by atoms with van der Waals surface area (Å²) in [7, 11) is 0. The molecule has 0 saturated heterocycles. The van der Waals surface area contributed by atoms with E-state index in [2.05, 4.69) is 108 Å². The molecule has 0 aliphatic carbocycles. The Morgan fingerprint density at radius 1 is 0.552 bits per heavy atom. The van der Waals surface area contributed by atoms with Crippen molar-refractivity contribution in [3.05, 3.63) is 239 Å². The molecular formula is C54H50ClF5N4O3. The molecule has 8 rings (SSSR count). The van der Waals surface area contributed by atoms with Crippen LogP contribution in [0.5, 0.6) is 0 Å². The van der Waals surface area contributed by atoms with Gasteiger partial charge in [0.2, 0.25) is 5.43 Å². The molecule has 3 aromatic heterocycles. The third kappa shape index (κ3) is 14.2. The van der Waals surface area contributed by atoms with Crippen LogP contribution in [0.1, 0.15) is 61.2 Å². The third-order valence-electron chi connectivity index (χ3n) is 10.6. The lowest BCUT2D eigenvalue weighted by Crippen LogP contribution is -2.14. The molecule has 13 heteroatoms. The second kappa shape index (κ2) is 23.3. The molecule has 0 unspecified atom stereocenters. The summed E-state index contributed by atoms with van der Waals surface area (Å²) in [6.07, 6.45) is 1.88. The highest BCUT2D eigenvalue weighted by Crippen LogP contribution is 2.32. The Morgan fingerprint density at radius 3 is 1.45 bits per heavy atom. The molecule has 0 spiro atoms. The van der Waals surface area contributed by atoms with Gasteiger partial charge in [0.1, 0.15) is 0 Å². The van der Waals surface area contributed by atoms with Gasteiger partial charge in [-0.3, -0.25) is 14.4 Å². The van der Waals surface area contributed by atoms with E-state index in [-0.39, 0.29) is 34.2 Å². The molecule has 346 valence electrons. The van der Waals surface area contributed by atoms with Crippen LogP contribution in [0.25, 0.3) is 33.8 Å². The zero-order valence-corrected chi connectivity index (χ0v) is 37.1. The monoisotopic (exact) mass is 932 g/mol. The standard InChI is InChI=1S/C21H21NO.C20H18ClNO.C12H7F5N2O.CH4/c1-3-17-6-8-18(9-7-17)15-22-13-12-20(23)14-21(22)19-10-4-16(2)5-11-19;1-2-15-3-5-16(6-4-15)14-22-12-11-19(23)13-20(22)17-7-9-18(21)10-8-17;13-11(14)19-10(5-9(20)6-18-19)7-2-1-3-8(4-7)12(15,16)17;/h4-14H,3,15H2,1-2H3;3-13H,2,14H2,1H3;1-6,11H;1H4. The highest BCUT2D eigenvalue weighted by atomic mass is 35.5. The molecule has 0 amide bonds. The van der Waals surface area contributed by atoms with Crippen LogP contribution in [-0.2, 0) is 32.1 Å². The summed E-state index contributed by atoms with van der Waals surface area (Å²) in [6, 6.07) is 44.3. The summed E-state index contributed by atoms with van der Waals surface area (Å²) in [5.74, 6) is 0. The van der Waals surface area contributed by atoms with Crippen LogP contribution in [-0.4, -0.2) is 18.9 Å². The number of aryl methyl sites for hydroxylation is 3. The lowest BCUT2D eigenvalue weighted by molar-refractivity contribution is -0.137. The van der Waals surface area contributed by atoms with E-state index in [0.29, 0.717) is 17.3 Å². The summed E-state index contributed by atoms with van der Waals surface area (Å²) in [4.78, 5) is 34.8. The Kier molecular flexibility index (Phi) is 17.7. The van der Waals surface area contributed by atoms with Gasteiger partial charge in [-0.2, -0.15) is 27.1 Å². The number of alkyl halides is 5. The van der Waals surface area contributed by atoms with Crippen LogP contribution in [0.3, 0.4) is 0 Å². The van der Waals surface area contributed by atoms with E-state index in [0.717, 1.165) is 66.6 Å². The van der Waals surface area contributed by atoms with Gasteiger partial charge in [-0.1, -0.05) is 136 Å². The number of halogens is 6. The Labute approximate surface area is 391 Å². The van der Waals surface area contributed by atoms with E-state index in [1.165, 1.54) is 33.9 Å². The van der Waals surface area contributed by atoms with E-state index in [1.54, 1.807) is 24.3 Å². The normalized spacial score (nSPS) is 10.9. The largest absolute Gasteiger partial charge is 0.416 e. The van der Waals surface area contributed by atoms with Crippen molar-refractivity contribution in [2.45, 2.75) is 66.9 Å². The van der Waals surface area contributed by atoms with Crippen molar-refractivity contribution in [3.8, 4) is 33.8 Å². The lowest BCUT2D eigenvalue weighted by Gasteiger charge is -2.14. The maximum Gasteiger partial charge on any atom is 0.416 e. The SMILES string of the molecule is C.CCc1ccc(Cn2ccc(=O)cc2-c2ccc(C)cc2)cc1.CCc1ccc(Cn2ccc(=O)cc2-c2ccc(Cl)cc2)cc1.O=c1cnn(C(F)F)c(-c2cccc(C(F)(F)F)c2)c1. The molecule has 0 aliphatic heterocycles. The van der Waals surface area contributed by atoms with Gasteiger partial charge < -0.3 is 9.13 Å². The number of benzene rings is 5. The van der Waals surface area contributed by atoms with Crippen molar-refractivity contribution >= 4 is 11.6 Å². The maximum atomic E-state index is 12.8. The fourth-order valence-electron chi connectivity index (χ4n) is 6.94. The number of aromatic nitrogens is 4. The second-order valence-electron chi connectivity index (χ2n) is 15.3. The molecule has 0 N–H and O–H groups in total. The van der Waals surface area contributed by atoms with E-state index < -0.39 is 23.7 Å². The van der Waals surface area contributed by atoms with Crippen LogP contribution in [0, 0.1) is 6.92 Å². The summed E-state index contributed by atoms with van der Waals surface area (Å²) in [5.41, 5.74) is 8.07. The van der Waals surface area contributed by atoms with E-state index >= 15 is 0 Å². The molecule has 0 bridgehead atoms. The number of hydrogen-bond donors (Lipinski definition) is 0. The first-order chi connectivity index (χ1) is 31.6. The number of hydrogen-bond acceptors (Lipinski definition) is 4. The first-order valence-corrected chi connectivity index (χ1v) is 21.4. The van der Waals surface area contributed by atoms with Crippen molar-refractivity contribution < 1.29 is 22.0 Å². The van der Waals surface area contributed by atoms with Gasteiger partial charge in [0.15, 0.2) is 10.9 Å². The zero-order valence-electron chi connectivity index (χ0n) is 36.4. The van der Waals surface area contributed by atoms with Gasteiger partial charge in [0, 0.05) is 66.4 Å². The Morgan fingerprint density at radius 2 is 1.00 bits per heavy atom. The fraction of sp³-hybridized carbons (Fsp3) is 0.185. The van der Waals surface area contributed by atoms with E-state index in [9.17, 15) is 36.3 Å². The molecule has 0 fully saturated rings. The Balaban J connectivity index is 0.000000187. The van der Waals surface area contributed by atoms with Crippen molar-refractivity contribution in [1.82, 2.24) is 18.9 Å². The van der Waals surface area contributed by atoms with Crippen molar-refractivity contribution in [2.75, 3.05) is 0 Å². The fourth-order valence-corrected chi connectivity index (χ4v) is 7.06. The molecule has 7 nitrogen and oxygen atoms in total. The molecular weight excluding hydrogens is 883 g/mol. The molecule has 67 heavy (non-hydrogen) atoms. The molecule has 3 heterocycles. The zero-order chi connectivity index (χ0) is 47.4. The molecule has 5 aromatic carbocycles. The smallest absolute Gasteiger partial charge is 0.343 e. The minimum atomic E-state index is -4.60. The molecule has 0 aliphatic rings. The molecule has 8 aromatic rings. The molecule has 0 radical (unpaired) electrons. The summed E-state index contributed by atoms with van der Waals surface area (Å²) < 4.78 is 67.7. The molecule has 0 saturated carbocycles. The first kappa shape index (κ1) is 50.8.